The molecule has 2 rings (SSSR count). The molecule has 0 bridgehead atoms. The number of nitrogens with zero attached hydrogens (tertiary/aromatic N) is 2. The van der Waals surface area contributed by atoms with Gasteiger partial charge in [-0.1, -0.05) is 0 Å². The Morgan fingerprint density at radius 1 is 1.39 bits per heavy atom. The second-order valence-electron chi connectivity index (χ2n) is 4.50. The van der Waals surface area contributed by atoms with Gasteiger partial charge in [0.1, 0.15) is 5.82 Å². The summed E-state index contributed by atoms with van der Waals surface area (Å²) < 4.78 is 31.8. The highest BCUT2D eigenvalue weighted by Crippen LogP contribution is 2.21. The SMILES string of the molecule is CC1CN(S(=O)(=O)c2ccnc(N)c2)CC(C)O1. The van der Waals surface area contributed by atoms with Gasteiger partial charge < -0.3 is 10.5 Å². The zero-order chi connectivity index (χ0) is 13.3. The number of ether oxygens (including phenoxy) is 1. The molecule has 1 aliphatic heterocycles. The maximum absolute atomic E-state index is 12.4. The molecular weight excluding hydrogens is 254 g/mol. The summed E-state index contributed by atoms with van der Waals surface area (Å²) in [7, 11) is -3.52. The number of rotatable bonds is 2. The van der Waals surface area contributed by atoms with Crippen LogP contribution in [-0.4, -0.2) is 43.0 Å². The van der Waals surface area contributed by atoms with Crippen LogP contribution in [0.3, 0.4) is 0 Å². The third kappa shape index (κ3) is 2.63. The summed E-state index contributed by atoms with van der Waals surface area (Å²) in [6.07, 6.45) is 1.18. The topological polar surface area (TPSA) is 85.5 Å². The largest absolute Gasteiger partial charge is 0.384 e. The van der Waals surface area contributed by atoms with E-state index < -0.39 is 10.0 Å². The first-order chi connectivity index (χ1) is 8.39. The summed E-state index contributed by atoms with van der Waals surface area (Å²) in [5.74, 6) is 0.199. The Morgan fingerprint density at radius 3 is 2.56 bits per heavy atom. The number of nitrogen functional groups attached to an aromatic ring is 1. The van der Waals surface area contributed by atoms with Crippen molar-refractivity contribution in [1.29, 1.82) is 0 Å². The van der Waals surface area contributed by atoms with Crippen LogP contribution in [0.2, 0.25) is 0 Å². The highest BCUT2D eigenvalue weighted by Gasteiger charge is 2.32. The van der Waals surface area contributed by atoms with Crippen molar-refractivity contribution in [2.75, 3.05) is 18.8 Å². The van der Waals surface area contributed by atoms with E-state index in [1.165, 1.54) is 22.6 Å². The van der Waals surface area contributed by atoms with Crippen molar-refractivity contribution in [3.05, 3.63) is 18.3 Å². The van der Waals surface area contributed by atoms with E-state index in [0.29, 0.717) is 13.1 Å². The van der Waals surface area contributed by atoms with Gasteiger partial charge >= 0.3 is 0 Å². The zero-order valence-corrected chi connectivity index (χ0v) is 11.2. The monoisotopic (exact) mass is 271 g/mol. The van der Waals surface area contributed by atoms with Crippen LogP contribution in [0.4, 0.5) is 5.82 Å². The lowest BCUT2D eigenvalue weighted by molar-refractivity contribution is -0.0440. The van der Waals surface area contributed by atoms with E-state index in [1.54, 1.807) is 0 Å². The summed E-state index contributed by atoms with van der Waals surface area (Å²) >= 11 is 0. The molecule has 1 aliphatic rings. The Kier molecular flexibility index (Phi) is 3.56. The molecule has 0 amide bonds. The summed E-state index contributed by atoms with van der Waals surface area (Å²) in [5.41, 5.74) is 5.52. The third-order valence-electron chi connectivity index (χ3n) is 2.78. The van der Waals surface area contributed by atoms with Crippen molar-refractivity contribution in [3.8, 4) is 0 Å². The van der Waals surface area contributed by atoms with Crippen LogP contribution in [0.15, 0.2) is 23.2 Å². The quantitative estimate of drug-likeness (QED) is 0.844. The lowest BCUT2D eigenvalue weighted by Gasteiger charge is -2.34. The fourth-order valence-electron chi connectivity index (χ4n) is 2.06. The molecule has 1 aromatic heterocycles. The van der Waals surface area contributed by atoms with Crippen LogP contribution in [-0.2, 0) is 14.8 Å². The van der Waals surface area contributed by atoms with E-state index in [2.05, 4.69) is 4.98 Å². The molecule has 0 spiro atoms. The van der Waals surface area contributed by atoms with Gasteiger partial charge in [0.15, 0.2) is 0 Å². The Morgan fingerprint density at radius 2 is 2.00 bits per heavy atom. The number of anilines is 1. The van der Waals surface area contributed by atoms with Gasteiger partial charge in [-0.3, -0.25) is 0 Å². The molecule has 2 atom stereocenters. The van der Waals surface area contributed by atoms with E-state index in [0.717, 1.165) is 0 Å². The minimum atomic E-state index is -3.52. The van der Waals surface area contributed by atoms with E-state index in [-0.39, 0.29) is 22.9 Å². The molecule has 1 aromatic rings. The van der Waals surface area contributed by atoms with Crippen LogP contribution in [0, 0.1) is 0 Å². The third-order valence-corrected chi connectivity index (χ3v) is 4.60. The summed E-state index contributed by atoms with van der Waals surface area (Å²) in [6, 6.07) is 2.83. The summed E-state index contributed by atoms with van der Waals surface area (Å²) in [5, 5.41) is 0. The fourth-order valence-corrected chi connectivity index (χ4v) is 3.68. The van der Waals surface area contributed by atoms with Gasteiger partial charge in [0.25, 0.3) is 0 Å². The van der Waals surface area contributed by atoms with Gasteiger partial charge in [-0.15, -0.1) is 0 Å². The minimum absolute atomic E-state index is 0.109. The molecule has 0 radical (unpaired) electrons. The number of hydrogen-bond acceptors (Lipinski definition) is 5. The van der Waals surface area contributed by atoms with E-state index in [9.17, 15) is 8.42 Å². The standard InChI is InChI=1S/C11H17N3O3S/c1-8-6-14(7-9(2)17-8)18(15,16)10-3-4-13-11(12)5-10/h3-5,8-9H,6-7H2,1-2H3,(H2,12,13). The van der Waals surface area contributed by atoms with Crippen LogP contribution in [0.5, 0.6) is 0 Å². The molecule has 0 aliphatic carbocycles. The normalized spacial score (nSPS) is 26.1. The molecule has 0 saturated carbocycles. The van der Waals surface area contributed by atoms with Gasteiger partial charge in [0, 0.05) is 25.4 Å². The highest BCUT2D eigenvalue weighted by molar-refractivity contribution is 7.89. The van der Waals surface area contributed by atoms with Crippen LogP contribution in [0.1, 0.15) is 13.8 Å². The van der Waals surface area contributed by atoms with Crippen molar-refractivity contribution in [3.63, 3.8) is 0 Å². The summed E-state index contributed by atoms with van der Waals surface area (Å²) in [6.45, 7) is 4.43. The zero-order valence-electron chi connectivity index (χ0n) is 10.4. The first-order valence-electron chi connectivity index (χ1n) is 5.76. The predicted molar refractivity (Wildman–Crippen MR) is 67.4 cm³/mol. The van der Waals surface area contributed by atoms with E-state index in [4.69, 9.17) is 10.5 Å². The number of hydrogen-bond donors (Lipinski definition) is 1. The van der Waals surface area contributed by atoms with Gasteiger partial charge in [0.2, 0.25) is 10.0 Å². The van der Waals surface area contributed by atoms with Gasteiger partial charge in [-0.25, -0.2) is 13.4 Å². The molecule has 100 valence electrons. The first-order valence-corrected chi connectivity index (χ1v) is 7.20. The first kappa shape index (κ1) is 13.3. The maximum atomic E-state index is 12.4. The predicted octanol–water partition coefficient (Wildman–Crippen LogP) is 0.462. The van der Waals surface area contributed by atoms with Crippen LogP contribution >= 0.6 is 0 Å². The molecule has 6 nitrogen and oxygen atoms in total. The highest BCUT2D eigenvalue weighted by atomic mass is 32.2. The Labute approximate surface area is 107 Å². The smallest absolute Gasteiger partial charge is 0.243 e. The molecule has 2 N–H and O–H groups in total. The fraction of sp³-hybridized carbons (Fsp3) is 0.545. The molecule has 0 aromatic carbocycles. The van der Waals surface area contributed by atoms with Gasteiger partial charge in [0.05, 0.1) is 17.1 Å². The van der Waals surface area contributed by atoms with E-state index in [1.807, 2.05) is 13.8 Å². The lowest BCUT2D eigenvalue weighted by Crippen LogP contribution is -2.48. The van der Waals surface area contributed by atoms with Gasteiger partial charge in [-0.05, 0) is 19.9 Å². The average Bonchev–Trinajstić information content (AvgIpc) is 2.27. The van der Waals surface area contributed by atoms with Crippen molar-refractivity contribution in [2.24, 2.45) is 0 Å². The Bertz CT molecular complexity index is 522. The number of morpholine rings is 1. The summed E-state index contributed by atoms with van der Waals surface area (Å²) in [4.78, 5) is 3.98. The number of pyridine rings is 1. The second kappa shape index (κ2) is 4.83. The molecule has 18 heavy (non-hydrogen) atoms. The second-order valence-corrected chi connectivity index (χ2v) is 6.43. The Balaban J connectivity index is 2.31. The van der Waals surface area contributed by atoms with Crippen LogP contribution < -0.4 is 5.73 Å². The maximum Gasteiger partial charge on any atom is 0.243 e. The molecular formula is C11H17N3O3S. The Hall–Kier alpha value is -1.18. The van der Waals surface area contributed by atoms with E-state index >= 15 is 0 Å². The van der Waals surface area contributed by atoms with Crippen LogP contribution in [0.25, 0.3) is 0 Å². The van der Waals surface area contributed by atoms with Crippen molar-refractivity contribution in [2.45, 2.75) is 31.0 Å². The minimum Gasteiger partial charge on any atom is -0.384 e. The molecule has 2 heterocycles. The number of sulfonamides is 1. The molecule has 1 fully saturated rings. The average molecular weight is 271 g/mol. The van der Waals surface area contributed by atoms with Crippen molar-refractivity contribution >= 4 is 15.8 Å². The van der Waals surface area contributed by atoms with Crippen molar-refractivity contribution < 1.29 is 13.2 Å². The molecule has 7 heteroatoms. The molecule has 1 saturated heterocycles. The number of aromatic nitrogens is 1. The van der Waals surface area contributed by atoms with Gasteiger partial charge in [-0.2, -0.15) is 4.31 Å². The van der Waals surface area contributed by atoms with Crippen molar-refractivity contribution in [1.82, 2.24) is 9.29 Å². The number of nitrogens with two attached hydrogens (primary N) is 1. The molecule has 2 unspecified atom stereocenters. The lowest BCUT2D eigenvalue weighted by atomic mass is 10.3.